The van der Waals surface area contributed by atoms with Crippen molar-refractivity contribution in [2.45, 2.75) is 39.8 Å². The van der Waals surface area contributed by atoms with Gasteiger partial charge >= 0.3 is 0 Å². The molecule has 2 aliphatic rings. The highest BCUT2D eigenvalue weighted by Gasteiger charge is 2.35. The van der Waals surface area contributed by atoms with Crippen LogP contribution in [0.1, 0.15) is 33.3 Å². The molecule has 246 valence electrons. The lowest BCUT2D eigenvalue weighted by Crippen LogP contribution is -2.54. The third kappa shape index (κ3) is 5.41. The minimum Gasteiger partial charge on any atom is -0.504 e. The highest BCUT2D eigenvalue weighted by molar-refractivity contribution is 6.34. The number of anilines is 1. The molecule has 5 rings (SSSR count). The second-order valence-corrected chi connectivity index (χ2v) is 12.7. The van der Waals surface area contributed by atoms with E-state index in [1.165, 1.54) is 16.7 Å². The third-order valence-electron chi connectivity index (χ3n) is 8.62. The molecule has 14 heteroatoms. The highest BCUT2D eigenvalue weighted by atomic mass is 35.5. The van der Waals surface area contributed by atoms with Gasteiger partial charge in [0.2, 0.25) is 11.7 Å². The van der Waals surface area contributed by atoms with Gasteiger partial charge in [0.05, 0.1) is 33.7 Å². The smallest absolute Gasteiger partial charge is 0.276 e. The summed E-state index contributed by atoms with van der Waals surface area (Å²) in [5.74, 6) is -6.84. The van der Waals surface area contributed by atoms with Crippen molar-refractivity contribution < 1.29 is 23.1 Å². The lowest BCUT2D eigenvalue weighted by molar-refractivity contribution is -0.128. The molecule has 0 saturated carbocycles. The van der Waals surface area contributed by atoms with Crippen LogP contribution in [0.2, 0.25) is 10.0 Å². The lowest BCUT2D eigenvalue weighted by atomic mass is 9.93. The van der Waals surface area contributed by atoms with Crippen LogP contribution >= 0.6 is 23.2 Å². The molecule has 2 atom stereocenters. The molecule has 47 heavy (non-hydrogen) atoms. The van der Waals surface area contributed by atoms with Crippen LogP contribution in [0.5, 0.6) is 5.75 Å². The Labute approximate surface area is 279 Å². The number of hydrogen-bond donors (Lipinski definition) is 1. The second-order valence-electron chi connectivity index (χ2n) is 11.9. The average Bonchev–Trinajstić information content (AvgIpc) is 3.03. The number of carbonyl (C=O) groups is 1. The second kappa shape index (κ2) is 12.6. The zero-order valence-electron chi connectivity index (χ0n) is 26.2. The van der Waals surface area contributed by atoms with E-state index in [0.29, 0.717) is 11.3 Å². The molecule has 1 saturated heterocycles. The average molecular weight is 688 g/mol. The van der Waals surface area contributed by atoms with Crippen LogP contribution in [-0.4, -0.2) is 69.1 Å². The number of nitrogens with zero attached hydrogens (tertiary/aromatic N) is 6. The number of pyridine rings is 2. The van der Waals surface area contributed by atoms with Crippen molar-refractivity contribution in [3.05, 3.63) is 80.0 Å². The first-order valence-corrected chi connectivity index (χ1v) is 15.5. The Balaban J connectivity index is 1.92. The van der Waals surface area contributed by atoms with Gasteiger partial charge in [0.15, 0.2) is 17.4 Å². The fourth-order valence-electron chi connectivity index (χ4n) is 6.47. The molecule has 2 aliphatic heterocycles. The Hall–Kier alpha value is -4.47. The standard InChI is InChI=1S/C33H31Cl2F3N6O3/c1-7-21(45)43-11-10-42(14-17(43)5)30-18-12-20(34)27(22-24(36)23(35)25(37)26(38)31(22)46)40-32(18)44(33(47)19(30)13-39)29-16(4)8-9-41(6)28(29)15(2)3/h7-9,12,15,17,28,46H,1,10-11,14H2,2-6H3/t17-,28?/m1/s1. The van der Waals surface area contributed by atoms with Crippen LogP contribution in [0.25, 0.3) is 28.0 Å². The Kier molecular flexibility index (Phi) is 9.10. The van der Waals surface area contributed by atoms with Gasteiger partial charge in [-0.3, -0.25) is 14.2 Å². The molecular weight excluding hydrogens is 656 g/mol. The summed E-state index contributed by atoms with van der Waals surface area (Å²) < 4.78 is 45.7. The minimum atomic E-state index is -1.80. The van der Waals surface area contributed by atoms with Gasteiger partial charge in [-0.2, -0.15) is 9.65 Å². The molecule has 0 radical (unpaired) electrons. The molecule has 4 heterocycles. The number of likely N-dealkylation sites (N-methyl/N-ethyl adjacent to an activating group) is 1. The number of hydrogen-bond acceptors (Lipinski definition) is 7. The Bertz CT molecular complexity index is 1990. The summed E-state index contributed by atoms with van der Waals surface area (Å²) in [5, 5.41) is 19.7. The van der Waals surface area contributed by atoms with E-state index in [4.69, 9.17) is 23.2 Å². The molecule has 2 aromatic heterocycles. The zero-order valence-corrected chi connectivity index (χ0v) is 27.7. The van der Waals surface area contributed by atoms with E-state index in [2.05, 4.69) is 17.6 Å². The highest BCUT2D eigenvalue weighted by Crippen LogP contribution is 2.44. The first kappa shape index (κ1) is 33.9. The monoisotopic (exact) mass is 686 g/mol. The van der Waals surface area contributed by atoms with Crippen LogP contribution in [0.3, 0.4) is 0 Å². The maximum absolute atomic E-state index is 15.5. The number of piperazine rings is 1. The lowest BCUT2D eigenvalue weighted by Gasteiger charge is -2.41. The Morgan fingerprint density at radius 3 is 2.49 bits per heavy atom. The van der Waals surface area contributed by atoms with E-state index < -0.39 is 51.1 Å². The summed E-state index contributed by atoms with van der Waals surface area (Å²) in [6, 6.07) is 2.67. The number of amides is 1. The maximum atomic E-state index is 15.5. The van der Waals surface area contributed by atoms with Crippen LogP contribution in [-0.2, 0) is 4.79 Å². The molecule has 1 aromatic carbocycles. The van der Waals surface area contributed by atoms with E-state index in [9.17, 15) is 28.7 Å². The van der Waals surface area contributed by atoms with Gasteiger partial charge < -0.3 is 19.8 Å². The van der Waals surface area contributed by atoms with Gasteiger partial charge in [-0.15, -0.1) is 0 Å². The van der Waals surface area contributed by atoms with E-state index in [-0.39, 0.29) is 64.8 Å². The predicted octanol–water partition coefficient (Wildman–Crippen LogP) is 6.30. The molecule has 1 unspecified atom stereocenters. The van der Waals surface area contributed by atoms with Crippen molar-refractivity contribution in [3.8, 4) is 23.1 Å². The van der Waals surface area contributed by atoms with Crippen molar-refractivity contribution in [1.29, 1.82) is 5.26 Å². The van der Waals surface area contributed by atoms with Gasteiger partial charge in [-0.05, 0) is 49.8 Å². The molecule has 1 fully saturated rings. The fourth-order valence-corrected chi connectivity index (χ4v) is 6.89. The summed E-state index contributed by atoms with van der Waals surface area (Å²) in [6.45, 7) is 11.8. The molecule has 1 N–H and O–H groups in total. The van der Waals surface area contributed by atoms with E-state index in [1.807, 2.05) is 38.9 Å². The number of phenolic OH excluding ortho intramolecular Hbond substituents is 1. The summed E-state index contributed by atoms with van der Waals surface area (Å²) in [7, 11) is 1.83. The first-order valence-electron chi connectivity index (χ1n) is 14.7. The number of carbonyl (C=O) groups excluding carboxylic acids is 1. The number of allylic oxidation sites excluding steroid dienone is 2. The largest absolute Gasteiger partial charge is 0.504 e. The summed E-state index contributed by atoms with van der Waals surface area (Å²) in [5.41, 5.74) is -1.09. The van der Waals surface area contributed by atoms with Crippen molar-refractivity contribution in [2.75, 3.05) is 31.6 Å². The van der Waals surface area contributed by atoms with Gasteiger partial charge in [-0.25, -0.2) is 13.8 Å². The summed E-state index contributed by atoms with van der Waals surface area (Å²) in [6.07, 6.45) is 4.86. The molecular formula is C33H31Cl2F3N6O3. The fraction of sp³-hybridized carbons (Fsp3) is 0.333. The minimum absolute atomic E-state index is 0.0587. The van der Waals surface area contributed by atoms with Crippen LogP contribution in [0.4, 0.5) is 18.9 Å². The maximum Gasteiger partial charge on any atom is 0.276 e. The van der Waals surface area contributed by atoms with E-state index >= 15 is 4.39 Å². The van der Waals surface area contributed by atoms with Gasteiger partial charge in [-0.1, -0.05) is 43.6 Å². The van der Waals surface area contributed by atoms with Gasteiger partial charge in [0.1, 0.15) is 22.3 Å². The Morgan fingerprint density at radius 1 is 1.21 bits per heavy atom. The number of fused-ring (bicyclic) bond motifs is 1. The van der Waals surface area contributed by atoms with E-state index in [1.54, 1.807) is 22.8 Å². The SMILES string of the molecule is C=CC(=O)N1CCN(c2c(C#N)c(=O)n(C3=C(C)C=CN(C)C3C(C)C)c3nc(-c4c(O)c(F)c(F)c(Cl)c4F)c(Cl)cc23)C[C@H]1C. The van der Waals surface area contributed by atoms with Crippen LogP contribution in [0, 0.1) is 34.7 Å². The first-order chi connectivity index (χ1) is 22.2. The topological polar surface area (TPSA) is 106 Å². The number of aromatic hydroxyl groups is 1. The predicted molar refractivity (Wildman–Crippen MR) is 176 cm³/mol. The molecule has 9 nitrogen and oxygen atoms in total. The van der Waals surface area contributed by atoms with Crippen molar-refractivity contribution >= 4 is 51.5 Å². The Morgan fingerprint density at radius 2 is 1.89 bits per heavy atom. The third-order valence-corrected chi connectivity index (χ3v) is 9.24. The molecule has 0 aliphatic carbocycles. The number of rotatable bonds is 5. The molecule has 3 aromatic rings. The zero-order chi connectivity index (χ0) is 34.6. The van der Waals surface area contributed by atoms with Crippen LogP contribution in [0.15, 0.2) is 41.4 Å². The number of phenols is 1. The quantitative estimate of drug-likeness (QED) is 0.191. The number of benzene rings is 1. The van der Waals surface area contributed by atoms with Crippen molar-refractivity contribution in [2.24, 2.45) is 5.92 Å². The summed E-state index contributed by atoms with van der Waals surface area (Å²) >= 11 is 12.4. The summed E-state index contributed by atoms with van der Waals surface area (Å²) in [4.78, 5) is 36.9. The molecule has 0 spiro atoms. The molecule has 1 amide bonds. The molecule has 0 bridgehead atoms. The van der Waals surface area contributed by atoms with E-state index in [0.717, 1.165) is 0 Å². The number of aromatic nitrogens is 2. The van der Waals surface area contributed by atoms with Crippen LogP contribution < -0.4 is 10.5 Å². The van der Waals surface area contributed by atoms with Gasteiger partial charge in [0.25, 0.3) is 5.56 Å². The van der Waals surface area contributed by atoms with Crippen molar-refractivity contribution in [3.63, 3.8) is 0 Å². The number of halogens is 5. The van der Waals surface area contributed by atoms with Gasteiger partial charge in [0, 0.05) is 38.1 Å². The van der Waals surface area contributed by atoms with Crippen molar-refractivity contribution in [1.82, 2.24) is 19.4 Å². The normalized spacial score (nSPS) is 18.4. The number of nitriles is 1.